The molecule has 5 heteroatoms. The van der Waals surface area contributed by atoms with Crippen molar-refractivity contribution in [2.75, 3.05) is 26.7 Å². The summed E-state index contributed by atoms with van der Waals surface area (Å²) in [5.74, 6) is 0.311. The molecule has 1 heterocycles. The zero-order valence-corrected chi connectivity index (χ0v) is 14.0. The minimum atomic E-state index is 0.138. The van der Waals surface area contributed by atoms with Gasteiger partial charge >= 0.3 is 0 Å². The van der Waals surface area contributed by atoms with Crippen molar-refractivity contribution in [3.05, 3.63) is 34.9 Å². The molecule has 0 saturated carbocycles. The molecule has 0 spiro atoms. The summed E-state index contributed by atoms with van der Waals surface area (Å²) in [6, 6.07) is 7.31. The Morgan fingerprint density at radius 2 is 1.86 bits per heavy atom. The molecule has 1 aliphatic heterocycles. The van der Waals surface area contributed by atoms with Crippen LogP contribution >= 0.6 is 11.6 Å². The molecular formula is C16H25ClN2O2. The topological polar surface area (TPSA) is 49.4 Å². The number of rotatable bonds is 2. The standard InChI is InChI=1S/C9H9ClO.C5H10N2O.C2H6/c1-7(11)6-8-2-4-9(10)5-3-8;1-7-3-2-6-5(8)4-7;1-2/h2-5H,6H2,1H3;2-4H2,1H3,(H,6,8);1-2H3. The van der Waals surface area contributed by atoms with E-state index < -0.39 is 0 Å². The van der Waals surface area contributed by atoms with E-state index in [0.717, 1.165) is 18.7 Å². The first-order valence-corrected chi connectivity index (χ1v) is 7.54. The monoisotopic (exact) mass is 312 g/mol. The smallest absolute Gasteiger partial charge is 0.234 e. The fraction of sp³-hybridized carbons (Fsp3) is 0.500. The van der Waals surface area contributed by atoms with Gasteiger partial charge in [-0.1, -0.05) is 37.6 Å². The number of likely N-dealkylation sites (N-methyl/N-ethyl adjacent to an activating group) is 1. The first-order chi connectivity index (χ1) is 9.97. The largest absolute Gasteiger partial charge is 0.354 e. The molecule has 1 aromatic carbocycles. The normalized spacial score (nSPS) is 14.0. The van der Waals surface area contributed by atoms with Gasteiger partial charge in [0.25, 0.3) is 0 Å². The van der Waals surface area contributed by atoms with Crippen LogP contribution in [0.5, 0.6) is 0 Å². The van der Waals surface area contributed by atoms with E-state index in [-0.39, 0.29) is 11.7 Å². The van der Waals surface area contributed by atoms with Gasteiger partial charge in [0.15, 0.2) is 0 Å². The number of hydrogen-bond acceptors (Lipinski definition) is 3. The maximum Gasteiger partial charge on any atom is 0.234 e. The van der Waals surface area contributed by atoms with Gasteiger partial charge in [-0.25, -0.2) is 0 Å². The Kier molecular flexibility index (Phi) is 10.5. The lowest BCUT2D eigenvalue weighted by Crippen LogP contribution is -2.45. The molecule has 1 saturated heterocycles. The van der Waals surface area contributed by atoms with Crippen molar-refractivity contribution in [2.45, 2.75) is 27.2 Å². The third kappa shape index (κ3) is 10.0. The molecule has 1 aliphatic rings. The maximum atomic E-state index is 10.7. The van der Waals surface area contributed by atoms with Crippen LogP contribution in [0.15, 0.2) is 24.3 Å². The number of Topliss-reactive ketones (excluding diaryl/α,β-unsaturated/α-hetero) is 1. The van der Waals surface area contributed by atoms with Crippen molar-refractivity contribution in [1.29, 1.82) is 0 Å². The zero-order chi connectivity index (χ0) is 16.3. The highest BCUT2D eigenvalue weighted by molar-refractivity contribution is 6.30. The highest BCUT2D eigenvalue weighted by atomic mass is 35.5. The van der Waals surface area contributed by atoms with E-state index in [4.69, 9.17) is 11.6 Å². The Labute approximate surface area is 132 Å². The van der Waals surface area contributed by atoms with Gasteiger partial charge < -0.3 is 5.32 Å². The van der Waals surface area contributed by atoms with Gasteiger partial charge in [0.2, 0.25) is 5.91 Å². The molecule has 0 radical (unpaired) electrons. The second-order valence-corrected chi connectivity index (χ2v) is 5.03. The summed E-state index contributed by atoms with van der Waals surface area (Å²) in [5.41, 5.74) is 1.02. The minimum absolute atomic E-state index is 0.138. The Hall–Kier alpha value is -1.39. The van der Waals surface area contributed by atoms with Crippen LogP contribution in [0.4, 0.5) is 0 Å². The molecule has 2 rings (SSSR count). The quantitative estimate of drug-likeness (QED) is 0.913. The Morgan fingerprint density at radius 1 is 1.29 bits per heavy atom. The Morgan fingerprint density at radius 3 is 2.24 bits per heavy atom. The maximum absolute atomic E-state index is 10.7. The number of amides is 1. The van der Waals surface area contributed by atoms with Gasteiger partial charge in [-0.2, -0.15) is 0 Å². The summed E-state index contributed by atoms with van der Waals surface area (Å²) in [5, 5.41) is 3.44. The number of nitrogens with one attached hydrogen (secondary N) is 1. The number of carbonyl (C=O) groups is 2. The van der Waals surface area contributed by atoms with E-state index in [2.05, 4.69) is 5.32 Å². The van der Waals surface area contributed by atoms with E-state index in [9.17, 15) is 9.59 Å². The second-order valence-electron chi connectivity index (χ2n) is 4.59. The third-order valence-corrected chi connectivity index (χ3v) is 2.85. The number of nitrogens with zero attached hydrogens (tertiary/aromatic N) is 1. The van der Waals surface area contributed by atoms with Crippen LogP contribution in [-0.4, -0.2) is 43.3 Å². The average molecular weight is 313 g/mol. The number of ketones is 1. The van der Waals surface area contributed by atoms with E-state index in [1.807, 2.05) is 37.9 Å². The number of halogens is 1. The van der Waals surface area contributed by atoms with Gasteiger partial charge in [0, 0.05) is 24.5 Å². The first kappa shape index (κ1) is 19.6. The zero-order valence-electron chi connectivity index (χ0n) is 13.3. The summed E-state index contributed by atoms with van der Waals surface area (Å²) < 4.78 is 0. The highest BCUT2D eigenvalue weighted by Gasteiger charge is 2.10. The van der Waals surface area contributed by atoms with Crippen LogP contribution in [0.25, 0.3) is 0 Å². The lowest BCUT2D eigenvalue weighted by molar-refractivity contribution is -0.123. The van der Waals surface area contributed by atoms with Crippen molar-refractivity contribution < 1.29 is 9.59 Å². The molecule has 0 bridgehead atoms. The van der Waals surface area contributed by atoms with Gasteiger partial charge in [0.05, 0.1) is 6.54 Å². The van der Waals surface area contributed by atoms with E-state index >= 15 is 0 Å². The summed E-state index contributed by atoms with van der Waals surface area (Å²) in [7, 11) is 1.94. The third-order valence-electron chi connectivity index (χ3n) is 2.60. The molecule has 21 heavy (non-hydrogen) atoms. The number of benzene rings is 1. The first-order valence-electron chi connectivity index (χ1n) is 7.16. The van der Waals surface area contributed by atoms with E-state index in [1.165, 1.54) is 0 Å². The van der Waals surface area contributed by atoms with Crippen LogP contribution in [0.2, 0.25) is 5.02 Å². The lowest BCUT2D eigenvalue weighted by atomic mass is 10.1. The fourth-order valence-electron chi connectivity index (χ4n) is 1.66. The predicted octanol–water partition coefficient (Wildman–Crippen LogP) is 2.55. The van der Waals surface area contributed by atoms with Crippen LogP contribution < -0.4 is 5.32 Å². The molecule has 1 amide bonds. The van der Waals surface area contributed by atoms with Crippen molar-refractivity contribution in [3.8, 4) is 0 Å². The predicted molar refractivity (Wildman–Crippen MR) is 87.7 cm³/mol. The van der Waals surface area contributed by atoms with E-state index in [1.54, 1.807) is 19.1 Å². The molecule has 0 unspecified atom stereocenters. The van der Waals surface area contributed by atoms with Gasteiger partial charge in [-0.3, -0.25) is 14.5 Å². The molecule has 0 aromatic heterocycles. The van der Waals surface area contributed by atoms with Gasteiger partial charge in [-0.05, 0) is 31.7 Å². The molecule has 0 aliphatic carbocycles. The second kappa shape index (κ2) is 11.3. The number of piperazine rings is 1. The highest BCUT2D eigenvalue weighted by Crippen LogP contribution is 2.09. The average Bonchev–Trinajstić information content (AvgIpc) is 2.44. The van der Waals surface area contributed by atoms with Crippen LogP contribution in [0.3, 0.4) is 0 Å². The van der Waals surface area contributed by atoms with Crippen molar-refractivity contribution >= 4 is 23.3 Å². The van der Waals surface area contributed by atoms with Crippen molar-refractivity contribution in [1.82, 2.24) is 10.2 Å². The SMILES string of the molecule is CC.CC(=O)Cc1ccc(Cl)cc1.CN1CCNC(=O)C1. The van der Waals surface area contributed by atoms with Gasteiger partial charge in [-0.15, -0.1) is 0 Å². The molecule has 0 atom stereocenters. The van der Waals surface area contributed by atoms with Crippen molar-refractivity contribution in [2.24, 2.45) is 0 Å². The summed E-state index contributed by atoms with van der Waals surface area (Å²) in [6.07, 6.45) is 0.497. The molecule has 1 aromatic rings. The molecular weight excluding hydrogens is 288 g/mol. The van der Waals surface area contributed by atoms with E-state index in [0.29, 0.717) is 18.0 Å². The minimum Gasteiger partial charge on any atom is -0.354 e. The molecule has 1 fully saturated rings. The number of hydrogen-bond donors (Lipinski definition) is 1. The summed E-state index contributed by atoms with van der Waals surface area (Å²) in [6.45, 7) is 7.91. The molecule has 1 N–H and O–H groups in total. The van der Waals surface area contributed by atoms with Crippen LogP contribution in [0.1, 0.15) is 26.3 Å². The van der Waals surface area contributed by atoms with Crippen LogP contribution in [-0.2, 0) is 16.0 Å². The Balaban J connectivity index is 0.000000354. The van der Waals surface area contributed by atoms with Gasteiger partial charge in [0.1, 0.15) is 5.78 Å². The lowest BCUT2D eigenvalue weighted by Gasteiger charge is -2.21. The fourth-order valence-corrected chi connectivity index (χ4v) is 1.78. The Bertz CT molecular complexity index is 432. The van der Waals surface area contributed by atoms with Crippen molar-refractivity contribution in [3.63, 3.8) is 0 Å². The number of carbonyl (C=O) groups excluding carboxylic acids is 2. The summed E-state index contributed by atoms with van der Waals surface area (Å²) >= 11 is 5.66. The summed E-state index contributed by atoms with van der Waals surface area (Å²) in [4.78, 5) is 23.2. The van der Waals surface area contributed by atoms with Crippen LogP contribution in [0, 0.1) is 0 Å². The molecule has 4 nitrogen and oxygen atoms in total. The molecule has 118 valence electrons.